The number of nitrogens with one attached hydrogen (secondary N) is 1. The fourth-order valence-electron chi connectivity index (χ4n) is 9.16. The number of phosphoric acid groups is 1. The number of carbonyl (C=O) groups excluding carboxylic acids is 2. The quantitative estimate of drug-likeness (QED) is 0.0212. The monoisotopic (exact) mass is 1190 g/mol. The maximum Gasteiger partial charge on any atom is 0.306 e. The molecule has 0 saturated carbocycles. The molecule has 0 fully saturated rings. The highest BCUT2D eigenvalue weighted by Crippen LogP contribution is 2.38. The number of carbonyl (C=O) groups is 2. The van der Waals surface area contributed by atoms with Crippen LogP contribution in [0, 0.1) is 0 Å². The van der Waals surface area contributed by atoms with Gasteiger partial charge >= 0.3 is 5.97 Å². The minimum atomic E-state index is -4.72. The van der Waals surface area contributed by atoms with Crippen molar-refractivity contribution in [2.45, 2.75) is 283 Å². The van der Waals surface area contributed by atoms with E-state index in [1.165, 1.54) is 83.5 Å². The molecule has 0 spiro atoms. The molecule has 0 saturated heterocycles. The number of rotatable bonds is 60. The summed E-state index contributed by atoms with van der Waals surface area (Å²) in [5.41, 5.74) is 0. The first-order chi connectivity index (χ1) is 40.9. The van der Waals surface area contributed by atoms with E-state index in [0.717, 1.165) is 141 Å². The molecule has 0 aliphatic heterocycles. The smallest absolute Gasteiger partial charge is 0.306 e. The van der Waals surface area contributed by atoms with E-state index in [2.05, 4.69) is 148 Å². The van der Waals surface area contributed by atoms with Gasteiger partial charge in [-0.3, -0.25) is 14.2 Å². The van der Waals surface area contributed by atoms with Gasteiger partial charge in [-0.15, -0.1) is 0 Å². The van der Waals surface area contributed by atoms with Crippen molar-refractivity contribution in [3.63, 3.8) is 0 Å². The van der Waals surface area contributed by atoms with E-state index in [4.69, 9.17) is 13.8 Å². The molecule has 1 amide bonds. The van der Waals surface area contributed by atoms with Crippen molar-refractivity contribution in [2.24, 2.45) is 0 Å². The zero-order chi connectivity index (χ0) is 61.4. The molecular formula is C74H127N2O7P. The third kappa shape index (κ3) is 62.7. The van der Waals surface area contributed by atoms with Crippen molar-refractivity contribution >= 4 is 19.7 Å². The normalized spacial score (nSPS) is 14.4. The highest BCUT2D eigenvalue weighted by atomic mass is 31.2. The molecule has 0 aliphatic carbocycles. The fourth-order valence-corrected chi connectivity index (χ4v) is 9.89. The Morgan fingerprint density at radius 2 is 0.762 bits per heavy atom. The maximum atomic E-state index is 13.6. The molecule has 0 aromatic carbocycles. The molecule has 0 aromatic heterocycles. The number of likely N-dealkylation sites (N-methyl/N-ethyl adjacent to an activating group) is 1. The maximum absolute atomic E-state index is 13.6. The number of allylic oxidation sites excluding steroid dienone is 21. The largest absolute Gasteiger partial charge is 0.756 e. The second-order valence-electron chi connectivity index (χ2n) is 23.6. The van der Waals surface area contributed by atoms with Gasteiger partial charge in [-0.2, -0.15) is 0 Å². The minimum Gasteiger partial charge on any atom is -0.756 e. The van der Waals surface area contributed by atoms with Crippen LogP contribution in [0.4, 0.5) is 0 Å². The lowest BCUT2D eigenvalue weighted by molar-refractivity contribution is -0.870. The summed E-state index contributed by atoms with van der Waals surface area (Å²) in [4.78, 5) is 40.1. The van der Waals surface area contributed by atoms with Crippen molar-refractivity contribution in [1.29, 1.82) is 0 Å². The first kappa shape index (κ1) is 80.2. The van der Waals surface area contributed by atoms with E-state index < -0.39 is 26.6 Å². The van der Waals surface area contributed by atoms with Gasteiger partial charge < -0.3 is 28.5 Å². The van der Waals surface area contributed by atoms with Crippen LogP contribution in [-0.2, 0) is 27.9 Å². The zero-order valence-corrected chi connectivity index (χ0v) is 55.7. The highest BCUT2D eigenvalue weighted by Gasteiger charge is 2.27. The molecule has 1 N–H and O–H groups in total. The fraction of sp³-hybridized carbons (Fsp3) is 0.676. The molecule has 0 rings (SSSR count). The second kappa shape index (κ2) is 62.2. The number of quaternary nitrogens is 1. The van der Waals surface area contributed by atoms with Crippen molar-refractivity contribution in [1.82, 2.24) is 5.32 Å². The molecular weight excluding hydrogens is 1060 g/mol. The van der Waals surface area contributed by atoms with Crippen molar-refractivity contribution < 1.29 is 37.3 Å². The summed E-state index contributed by atoms with van der Waals surface area (Å²) in [5, 5.41) is 3.02. The summed E-state index contributed by atoms with van der Waals surface area (Å²) in [5.74, 6) is -0.576. The van der Waals surface area contributed by atoms with E-state index in [0.29, 0.717) is 23.9 Å². The van der Waals surface area contributed by atoms with Gasteiger partial charge in [0.05, 0.1) is 33.8 Å². The van der Waals surface area contributed by atoms with Gasteiger partial charge in [-0.25, -0.2) is 0 Å². The Morgan fingerprint density at radius 1 is 0.429 bits per heavy atom. The van der Waals surface area contributed by atoms with Gasteiger partial charge in [0.2, 0.25) is 5.91 Å². The first-order valence-electron chi connectivity index (χ1n) is 34.0. The van der Waals surface area contributed by atoms with Crippen LogP contribution in [0.3, 0.4) is 0 Å². The predicted octanol–water partition coefficient (Wildman–Crippen LogP) is 21.0. The Kier molecular flexibility index (Phi) is 59.4. The average Bonchev–Trinajstić information content (AvgIpc) is 3.64. The van der Waals surface area contributed by atoms with Crippen LogP contribution in [0.1, 0.15) is 271 Å². The minimum absolute atomic E-state index is 0.0345. The van der Waals surface area contributed by atoms with Crippen LogP contribution in [-0.4, -0.2) is 69.4 Å². The van der Waals surface area contributed by atoms with E-state index in [1.54, 1.807) is 0 Å². The number of ether oxygens (including phenoxy) is 1. The van der Waals surface area contributed by atoms with Gasteiger partial charge in [-0.1, -0.05) is 270 Å². The topological polar surface area (TPSA) is 114 Å². The van der Waals surface area contributed by atoms with Gasteiger partial charge in [0.15, 0.2) is 0 Å². The molecule has 3 unspecified atom stereocenters. The number of hydrogen-bond donors (Lipinski definition) is 1. The molecule has 0 aromatic rings. The molecule has 9 nitrogen and oxygen atoms in total. The number of phosphoric ester groups is 1. The Balaban J connectivity index is 5.19. The van der Waals surface area contributed by atoms with E-state index >= 15 is 0 Å². The van der Waals surface area contributed by atoms with Crippen LogP contribution in [0.2, 0.25) is 0 Å². The lowest BCUT2D eigenvalue weighted by Gasteiger charge is -2.30. The van der Waals surface area contributed by atoms with Crippen molar-refractivity contribution in [2.75, 3.05) is 40.9 Å². The lowest BCUT2D eigenvalue weighted by atomic mass is 10.0. The molecule has 0 bridgehead atoms. The van der Waals surface area contributed by atoms with E-state index in [9.17, 15) is 19.0 Å². The van der Waals surface area contributed by atoms with Crippen molar-refractivity contribution in [3.05, 3.63) is 134 Å². The molecule has 10 heteroatoms. The number of unbranched alkanes of at least 4 members (excludes halogenated alkanes) is 24. The highest BCUT2D eigenvalue weighted by molar-refractivity contribution is 7.45. The number of nitrogens with zero attached hydrogens (tertiary/aromatic N) is 1. The van der Waals surface area contributed by atoms with Gasteiger partial charge in [0.1, 0.15) is 19.3 Å². The van der Waals surface area contributed by atoms with Crippen LogP contribution in [0.25, 0.3) is 0 Å². The Hall–Kier alpha value is -3.85. The predicted molar refractivity (Wildman–Crippen MR) is 362 cm³/mol. The van der Waals surface area contributed by atoms with Crippen molar-refractivity contribution in [3.8, 4) is 0 Å². The molecule has 0 radical (unpaired) electrons. The third-order valence-electron chi connectivity index (χ3n) is 14.3. The SMILES string of the molecule is CC/C=C\C/C=C\C/C=C\C/C=C\C/C=C\CCCCCCCCCCCC(=O)OC(/C=C/CCCCCCCCCCCC)C(COP(=O)([O-])OCC[N+](C)(C)C)NC(=O)CCCCCCC/C=C\C/C=C\C/C=C\C/C=C\C/C=C\CC. The zero-order valence-electron chi connectivity index (χ0n) is 54.8. The van der Waals surface area contributed by atoms with Gasteiger partial charge in [0, 0.05) is 12.8 Å². The van der Waals surface area contributed by atoms with Crippen LogP contribution in [0.15, 0.2) is 134 Å². The number of esters is 1. The van der Waals surface area contributed by atoms with Gasteiger partial charge in [0.25, 0.3) is 7.82 Å². The van der Waals surface area contributed by atoms with E-state index in [1.807, 2.05) is 33.3 Å². The molecule has 3 atom stereocenters. The molecule has 480 valence electrons. The molecule has 0 heterocycles. The van der Waals surface area contributed by atoms with Gasteiger partial charge in [-0.05, 0) is 122 Å². The standard InChI is InChI=1S/C74H127N2O7P/c1-7-10-13-16-19-22-25-28-30-32-34-36-37-38-39-41-43-45-47-49-52-55-58-61-64-67-74(78)83-72(65-62-59-56-53-50-27-24-21-18-15-12-9-3)71(70-82-84(79,80)81-69-68-76(4,5)6)75-73(77)66-63-60-57-54-51-48-46-44-42-40-35-33-31-29-26-23-20-17-14-11-8-2/h10-11,13-14,19-20,22-23,28-31,34-36,38-40,44,46,62,65,71-72H,7-9,12,15-18,21,24-27,32-33,37,41-43,45,47-61,63-64,66-70H2,1-6H3,(H-,75,77,79,80)/b13-10-,14-11-,22-19-,23-20-,30-28-,31-29-,36-34-,39-38-,40-35-,46-44-,65-62+. The Labute approximate surface area is 517 Å². The molecule has 0 aliphatic rings. The van der Waals surface area contributed by atoms with Crippen LogP contribution >= 0.6 is 7.82 Å². The number of hydrogen-bond acceptors (Lipinski definition) is 7. The van der Waals surface area contributed by atoms with Crippen LogP contribution in [0.5, 0.6) is 0 Å². The Morgan fingerprint density at radius 3 is 1.14 bits per heavy atom. The summed E-state index contributed by atoms with van der Waals surface area (Å²) in [6, 6.07) is -0.912. The summed E-state index contributed by atoms with van der Waals surface area (Å²) in [7, 11) is 1.15. The summed E-state index contributed by atoms with van der Waals surface area (Å²) in [6.07, 6.45) is 88.5. The summed E-state index contributed by atoms with van der Waals surface area (Å²) >= 11 is 0. The third-order valence-corrected chi connectivity index (χ3v) is 15.3. The van der Waals surface area contributed by atoms with E-state index in [-0.39, 0.29) is 31.3 Å². The Bertz CT molecular complexity index is 1900. The average molecular weight is 1190 g/mol. The lowest BCUT2D eigenvalue weighted by Crippen LogP contribution is -2.47. The summed E-state index contributed by atoms with van der Waals surface area (Å²) < 4.78 is 30.4. The second-order valence-corrected chi connectivity index (χ2v) is 25.0. The summed E-state index contributed by atoms with van der Waals surface area (Å²) in [6.45, 7) is 6.59. The van der Waals surface area contributed by atoms with Crippen LogP contribution < -0.4 is 10.2 Å². The first-order valence-corrected chi connectivity index (χ1v) is 35.5. The number of amides is 1. The molecule has 84 heavy (non-hydrogen) atoms.